The van der Waals surface area contributed by atoms with Gasteiger partial charge in [-0.3, -0.25) is 0 Å². The Hall–Kier alpha value is -2.19. The van der Waals surface area contributed by atoms with Gasteiger partial charge < -0.3 is 5.32 Å². The molecule has 1 saturated carbocycles. The van der Waals surface area contributed by atoms with E-state index in [1.807, 2.05) is 30.3 Å². The molecule has 0 radical (unpaired) electrons. The molecule has 0 saturated heterocycles. The van der Waals surface area contributed by atoms with Gasteiger partial charge in [-0.15, -0.1) is 20.4 Å². The lowest BCUT2D eigenvalue weighted by Crippen LogP contribution is -2.14. The van der Waals surface area contributed by atoms with E-state index in [0.29, 0.717) is 17.0 Å². The van der Waals surface area contributed by atoms with E-state index in [2.05, 4.69) is 30.9 Å². The molecule has 1 fully saturated rings. The Kier molecular flexibility index (Phi) is 3.17. The first-order valence-electron chi connectivity index (χ1n) is 6.80. The van der Waals surface area contributed by atoms with Crippen LogP contribution in [0.15, 0.2) is 30.3 Å². The van der Waals surface area contributed by atoms with E-state index in [1.165, 1.54) is 29.0 Å². The van der Waals surface area contributed by atoms with Crippen molar-refractivity contribution in [1.82, 2.24) is 35.7 Å². The summed E-state index contributed by atoms with van der Waals surface area (Å²) in [6.45, 7) is 0.753. The van der Waals surface area contributed by atoms with Gasteiger partial charge in [0.15, 0.2) is 0 Å². The van der Waals surface area contributed by atoms with Crippen LogP contribution in [0.3, 0.4) is 0 Å². The molecule has 8 heteroatoms. The van der Waals surface area contributed by atoms with Crippen molar-refractivity contribution < 1.29 is 0 Å². The highest BCUT2D eigenvalue weighted by molar-refractivity contribution is 7.13. The second kappa shape index (κ2) is 5.30. The Bertz CT molecular complexity index is 732. The maximum atomic E-state index is 4.35. The molecule has 0 amide bonds. The topological polar surface area (TPSA) is 81.4 Å². The largest absolute Gasteiger partial charge is 0.308 e. The predicted molar refractivity (Wildman–Crippen MR) is 77.9 cm³/mol. The van der Waals surface area contributed by atoms with Crippen molar-refractivity contribution >= 4 is 11.3 Å². The Balaban J connectivity index is 1.52. The van der Waals surface area contributed by atoms with Gasteiger partial charge in [0.05, 0.1) is 6.54 Å². The minimum atomic E-state index is 0.587. The minimum absolute atomic E-state index is 0.587. The van der Waals surface area contributed by atoms with Crippen molar-refractivity contribution in [2.24, 2.45) is 0 Å². The maximum Gasteiger partial charge on any atom is 0.253 e. The fourth-order valence-electron chi connectivity index (χ4n) is 1.91. The fourth-order valence-corrected chi connectivity index (χ4v) is 2.60. The molecule has 1 aliphatic rings. The number of rotatable bonds is 5. The molecule has 0 atom stereocenters. The van der Waals surface area contributed by atoms with Gasteiger partial charge >= 0.3 is 0 Å². The van der Waals surface area contributed by atoms with E-state index in [1.54, 1.807) is 0 Å². The summed E-state index contributed by atoms with van der Waals surface area (Å²) in [5, 5.41) is 25.7. The first kappa shape index (κ1) is 12.5. The number of nitrogens with zero attached hydrogens (tertiary/aromatic N) is 6. The summed E-state index contributed by atoms with van der Waals surface area (Å²) in [7, 11) is 0. The molecular formula is C13H13N7S. The second-order valence-corrected chi connectivity index (χ2v) is 5.94. The van der Waals surface area contributed by atoms with E-state index in [9.17, 15) is 0 Å². The summed E-state index contributed by atoms with van der Waals surface area (Å²) in [4.78, 5) is 1.43. The summed E-state index contributed by atoms with van der Waals surface area (Å²) in [6, 6.07) is 10.4. The summed E-state index contributed by atoms with van der Waals surface area (Å²) in [5.74, 6) is 0.587. The van der Waals surface area contributed by atoms with Gasteiger partial charge in [0.2, 0.25) is 5.82 Å². The van der Waals surface area contributed by atoms with Crippen LogP contribution in [0.2, 0.25) is 0 Å². The lowest BCUT2D eigenvalue weighted by molar-refractivity contribution is 0.674. The third-order valence-corrected chi connectivity index (χ3v) is 4.08. The molecule has 0 aliphatic heterocycles. The van der Waals surface area contributed by atoms with Gasteiger partial charge in [-0.05, 0) is 18.1 Å². The number of hydrogen-bond donors (Lipinski definition) is 1. The quantitative estimate of drug-likeness (QED) is 0.767. The minimum Gasteiger partial charge on any atom is -0.308 e. The van der Waals surface area contributed by atoms with Crippen molar-refractivity contribution in [3.63, 3.8) is 0 Å². The SMILES string of the molecule is c1ccc(-c2nnn(-c3nnc(CNC4CC4)s3)n2)cc1. The number of hydrogen-bond acceptors (Lipinski definition) is 7. The molecule has 2 aromatic heterocycles. The van der Waals surface area contributed by atoms with Gasteiger partial charge in [0.25, 0.3) is 5.13 Å². The van der Waals surface area contributed by atoms with Crippen LogP contribution < -0.4 is 5.32 Å². The Morgan fingerprint density at radius 1 is 1.14 bits per heavy atom. The number of tetrazole rings is 1. The van der Waals surface area contributed by atoms with Gasteiger partial charge in [-0.1, -0.05) is 46.5 Å². The van der Waals surface area contributed by atoms with E-state index >= 15 is 0 Å². The lowest BCUT2D eigenvalue weighted by Gasteiger charge is -1.95. The third-order valence-electron chi connectivity index (χ3n) is 3.19. The van der Waals surface area contributed by atoms with Crippen LogP contribution in [0, 0.1) is 0 Å². The molecule has 106 valence electrons. The van der Waals surface area contributed by atoms with Crippen molar-refractivity contribution in [1.29, 1.82) is 0 Å². The van der Waals surface area contributed by atoms with Crippen LogP contribution in [0.1, 0.15) is 17.8 Å². The Morgan fingerprint density at radius 2 is 2.00 bits per heavy atom. The standard InChI is InChI=1S/C13H13N7S/c1-2-4-9(5-3-1)12-16-19-20(18-12)13-17-15-11(21-13)8-14-10-6-7-10/h1-5,10,14H,6-8H2. The molecule has 1 aliphatic carbocycles. The molecule has 21 heavy (non-hydrogen) atoms. The van der Waals surface area contributed by atoms with E-state index < -0.39 is 0 Å². The predicted octanol–water partition coefficient (Wildman–Crippen LogP) is 1.43. The van der Waals surface area contributed by atoms with E-state index in [4.69, 9.17) is 0 Å². The number of nitrogens with one attached hydrogen (secondary N) is 1. The molecular weight excluding hydrogens is 286 g/mol. The molecule has 1 aromatic carbocycles. The maximum absolute atomic E-state index is 4.35. The van der Waals surface area contributed by atoms with Gasteiger partial charge in [-0.2, -0.15) is 0 Å². The second-order valence-electron chi connectivity index (χ2n) is 4.90. The van der Waals surface area contributed by atoms with Crippen molar-refractivity contribution in [2.75, 3.05) is 0 Å². The molecule has 7 nitrogen and oxygen atoms in total. The van der Waals surface area contributed by atoms with Gasteiger partial charge in [0, 0.05) is 11.6 Å². The normalized spacial score (nSPS) is 14.5. The molecule has 0 bridgehead atoms. The third kappa shape index (κ3) is 2.81. The zero-order valence-electron chi connectivity index (χ0n) is 11.2. The highest BCUT2D eigenvalue weighted by Crippen LogP contribution is 2.20. The van der Waals surface area contributed by atoms with Crippen LogP contribution >= 0.6 is 11.3 Å². The molecule has 4 rings (SSSR count). The fraction of sp³-hybridized carbons (Fsp3) is 0.308. The Labute approximate surface area is 125 Å². The molecule has 0 spiro atoms. The smallest absolute Gasteiger partial charge is 0.253 e. The highest BCUT2D eigenvalue weighted by atomic mass is 32.1. The number of benzene rings is 1. The van der Waals surface area contributed by atoms with Crippen LogP contribution in [-0.4, -0.2) is 36.4 Å². The van der Waals surface area contributed by atoms with E-state index in [0.717, 1.165) is 17.1 Å². The molecule has 0 unspecified atom stereocenters. The zero-order chi connectivity index (χ0) is 14.1. The average Bonchev–Trinajstić information content (AvgIpc) is 3.03. The summed E-state index contributed by atoms with van der Waals surface area (Å²) in [5.41, 5.74) is 0.934. The molecule has 2 heterocycles. The van der Waals surface area contributed by atoms with Crippen LogP contribution in [0.25, 0.3) is 16.5 Å². The average molecular weight is 299 g/mol. The summed E-state index contributed by atoms with van der Waals surface area (Å²) >= 11 is 1.48. The zero-order valence-corrected chi connectivity index (χ0v) is 12.0. The van der Waals surface area contributed by atoms with Crippen molar-refractivity contribution in [3.8, 4) is 16.5 Å². The van der Waals surface area contributed by atoms with Crippen LogP contribution in [-0.2, 0) is 6.54 Å². The van der Waals surface area contributed by atoms with Gasteiger partial charge in [-0.25, -0.2) is 0 Å². The van der Waals surface area contributed by atoms with Gasteiger partial charge in [0.1, 0.15) is 5.01 Å². The molecule has 1 N–H and O–H groups in total. The van der Waals surface area contributed by atoms with Crippen molar-refractivity contribution in [3.05, 3.63) is 35.3 Å². The first-order chi connectivity index (χ1) is 10.4. The first-order valence-corrected chi connectivity index (χ1v) is 7.62. The number of aromatic nitrogens is 6. The van der Waals surface area contributed by atoms with E-state index in [-0.39, 0.29) is 0 Å². The highest BCUT2D eigenvalue weighted by Gasteiger charge is 2.21. The summed E-state index contributed by atoms with van der Waals surface area (Å²) < 4.78 is 0. The van der Waals surface area contributed by atoms with Crippen LogP contribution in [0.5, 0.6) is 0 Å². The Morgan fingerprint density at radius 3 is 2.81 bits per heavy atom. The summed E-state index contributed by atoms with van der Waals surface area (Å²) in [6.07, 6.45) is 2.52. The monoisotopic (exact) mass is 299 g/mol. The van der Waals surface area contributed by atoms with Crippen molar-refractivity contribution in [2.45, 2.75) is 25.4 Å². The lowest BCUT2D eigenvalue weighted by atomic mass is 10.2. The molecule has 3 aromatic rings. The van der Waals surface area contributed by atoms with Crippen LogP contribution in [0.4, 0.5) is 0 Å².